The molecule has 6 nitrogen and oxygen atoms in total. The van der Waals surface area contributed by atoms with Gasteiger partial charge in [-0.1, -0.05) is 0 Å². The van der Waals surface area contributed by atoms with Crippen molar-refractivity contribution in [3.05, 3.63) is 0 Å². The molecule has 0 aliphatic carbocycles. The van der Waals surface area contributed by atoms with Crippen molar-refractivity contribution >= 4 is 5.97 Å². The molecular weight excluding hydrogens is 180 g/mol. The number of fused-ring (bicyclic) bond motifs is 2. The summed E-state index contributed by atoms with van der Waals surface area (Å²) in [5.74, 6) is -0.699. The zero-order valence-corrected chi connectivity index (χ0v) is 6.66. The van der Waals surface area contributed by atoms with Crippen LogP contribution in [0.15, 0.2) is 0 Å². The molecule has 2 heterocycles. The molecule has 2 saturated heterocycles. The average molecular weight is 190 g/mol. The van der Waals surface area contributed by atoms with Gasteiger partial charge in [-0.15, -0.1) is 0 Å². The van der Waals surface area contributed by atoms with Gasteiger partial charge < -0.3 is 24.8 Å². The third kappa shape index (κ3) is 1.22. The minimum atomic E-state index is -1.42. The molecule has 0 aromatic heterocycles. The van der Waals surface area contributed by atoms with E-state index in [-0.39, 0.29) is 6.61 Å². The third-order valence-corrected chi connectivity index (χ3v) is 2.33. The van der Waals surface area contributed by atoms with Gasteiger partial charge in [-0.2, -0.15) is 0 Å². The lowest BCUT2D eigenvalue weighted by atomic mass is 9.94. The largest absolute Gasteiger partial charge is 0.461 e. The SMILES string of the molecule is O=C1OC[C@H]2OC1[C@H](O)[C@@H](O)[C@@H]2O. The molecule has 3 N–H and O–H groups in total. The van der Waals surface area contributed by atoms with Gasteiger partial charge >= 0.3 is 5.97 Å². The van der Waals surface area contributed by atoms with Crippen molar-refractivity contribution < 1.29 is 29.6 Å². The molecule has 2 aliphatic heterocycles. The fraction of sp³-hybridized carbons (Fsp3) is 0.857. The molecule has 2 bridgehead atoms. The summed E-state index contributed by atoms with van der Waals surface area (Å²) in [5, 5.41) is 27.9. The van der Waals surface area contributed by atoms with Crippen molar-refractivity contribution in [2.75, 3.05) is 6.61 Å². The Morgan fingerprint density at radius 3 is 2.54 bits per heavy atom. The van der Waals surface area contributed by atoms with Crippen LogP contribution in [0.4, 0.5) is 0 Å². The maximum atomic E-state index is 11.0. The summed E-state index contributed by atoms with van der Waals surface area (Å²) in [7, 11) is 0. The first-order chi connectivity index (χ1) is 6.11. The monoisotopic (exact) mass is 190 g/mol. The van der Waals surface area contributed by atoms with Crippen LogP contribution in [0, 0.1) is 0 Å². The number of esters is 1. The molecule has 74 valence electrons. The van der Waals surface area contributed by atoms with Crippen molar-refractivity contribution in [3.63, 3.8) is 0 Å². The van der Waals surface area contributed by atoms with E-state index in [4.69, 9.17) is 4.74 Å². The van der Waals surface area contributed by atoms with Gasteiger partial charge in [0.2, 0.25) is 0 Å². The zero-order valence-electron chi connectivity index (χ0n) is 6.66. The lowest BCUT2D eigenvalue weighted by Crippen LogP contribution is -2.64. The summed E-state index contributed by atoms with van der Waals surface area (Å²) in [4.78, 5) is 11.0. The summed E-state index contributed by atoms with van der Waals surface area (Å²) < 4.78 is 9.63. The fourth-order valence-electron chi connectivity index (χ4n) is 1.53. The zero-order chi connectivity index (χ0) is 9.59. The van der Waals surface area contributed by atoms with Crippen molar-refractivity contribution in [2.24, 2.45) is 0 Å². The summed E-state index contributed by atoms with van der Waals surface area (Å²) >= 11 is 0. The number of aliphatic hydroxyl groups is 3. The van der Waals surface area contributed by atoms with E-state index in [0.717, 1.165) is 0 Å². The topological polar surface area (TPSA) is 96.2 Å². The first-order valence-corrected chi connectivity index (χ1v) is 3.97. The minimum absolute atomic E-state index is 0.0831. The van der Waals surface area contributed by atoms with E-state index in [1.54, 1.807) is 0 Å². The number of carbonyl (C=O) groups excluding carboxylic acids is 1. The molecule has 1 unspecified atom stereocenters. The van der Waals surface area contributed by atoms with E-state index in [9.17, 15) is 20.1 Å². The molecule has 2 fully saturated rings. The molecule has 0 spiro atoms. The normalized spacial score (nSPS) is 50.1. The van der Waals surface area contributed by atoms with Gasteiger partial charge in [0.15, 0.2) is 6.10 Å². The van der Waals surface area contributed by atoms with Crippen LogP contribution < -0.4 is 0 Å². The Morgan fingerprint density at radius 2 is 1.85 bits per heavy atom. The van der Waals surface area contributed by atoms with Crippen molar-refractivity contribution in [1.29, 1.82) is 0 Å². The maximum Gasteiger partial charge on any atom is 0.338 e. The Kier molecular flexibility index (Phi) is 1.99. The highest BCUT2D eigenvalue weighted by atomic mass is 16.6. The lowest BCUT2D eigenvalue weighted by Gasteiger charge is -2.42. The highest BCUT2D eigenvalue weighted by molar-refractivity contribution is 5.76. The number of carbonyl (C=O) groups is 1. The van der Waals surface area contributed by atoms with Gasteiger partial charge in [-0.3, -0.25) is 0 Å². The predicted molar refractivity (Wildman–Crippen MR) is 37.6 cm³/mol. The Bertz CT molecular complexity index is 227. The van der Waals surface area contributed by atoms with Crippen molar-refractivity contribution in [1.82, 2.24) is 0 Å². The average Bonchev–Trinajstić information content (AvgIpc) is 2.14. The predicted octanol–water partition coefficient (Wildman–Crippen LogP) is -2.61. The number of cyclic esters (lactones) is 1. The molecule has 0 aromatic rings. The highest BCUT2D eigenvalue weighted by Crippen LogP contribution is 2.25. The lowest BCUT2D eigenvalue weighted by molar-refractivity contribution is -0.259. The molecular formula is C7H10O6. The second kappa shape index (κ2) is 2.91. The van der Waals surface area contributed by atoms with Crippen LogP contribution in [0.1, 0.15) is 0 Å². The molecule has 0 aromatic carbocycles. The molecule has 0 amide bonds. The van der Waals surface area contributed by atoms with E-state index in [1.165, 1.54) is 0 Å². The Labute approximate surface area is 73.7 Å². The number of ether oxygens (including phenoxy) is 2. The fourth-order valence-corrected chi connectivity index (χ4v) is 1.53. The standard InChI is InChI=1S/C7H10O6/c8-3-2-1-12-7(11)6(13-2)5(10)4(3)9/h2-6,8-10H,1H2/t2-,3-,4+,5-,6?/m1/s1. The van der Waals surface area contributed by atoms with Crippen LogP contribution in [0.25, 0.3) is 0 Å². The van der Waals surface area contributed by atoms with Gasteiger partial charge in [0.05, 0.1) is 0 Å². The summed E-state index contributed by atoms with van der Waals surface area (Å²) in [6.45, 7) is -0.0831. The van der Waals surface area contributed by atoms with Crippen LogP contribution in [0.3, 0.4) is 0 Å². The number of rotatable bonds is 0. The second-order valence-electron chi connectivity index (χ2n) is 3.20. The molecule has 2 rings (SSSR count). The number of aliphatic hydroxyl groups excluding tert-OH is 3. The van der Waals surface area contributed by atoms with Gasteiger partial charge in [0.25, 0.3) is 0 Å². The Balaban J connectivity index is 2.21. The molecule has 6 heteroatoms. The molecule has 0 saturated carbocycles. The number of hydrogen-bond donors (Lipinski definition) is 3. The molecule has 13 heavy (non-hydrogen) atoms. The van der Waals surface area contributed by atoms with Gasteiger partial charge in [-0.25, -0.2) is 4.79 Å². The first kappa shape index (κ1) is 8.89. The van der Waals surface area contributed by atoms with Gasteiger partial charge in [0, 0.05) is 0 Å². The highest BCUT2D eigenvalue weighted by Gasteiger charge is 2.50. The van der Waals surface area contributed by atoms with E-state index < -0.39 is 36.5 Å². The van der Waals surface area contributed by atoms with Crippen molar-refractivity contribution in [3.8, 4) is 0 Å². The molecule has 5 atom stereocenters. The van der Waals surface area contributed by atoms with Crippen LogP contribution in [-0.2, 0) is 14.3 Å². The summed E-state index contributed by atoms with van der Waals surface area (Å²) in [5.41, 5.74) is 0. The minimum Gasteiger partial charge on any atom is -0.461 e. The summed E-state index contributed by atoms with van der Waals surface area (Å²) in [6, 6.07) is 0. The number of hydrogen-bond acceptors (Lipinski definition) is 6. The maximum absolute atomic E-state index is 11.0. The first-order valence-electron chi connectivity index (χ1n) is 3.97. The Morgan fingerprint density at radius 1 is 1.15 bits per heavy atom. The van der Waals surface area contributed by atoms with Crippen molar-refractivity contribution in [2.45, 2.75) is 30.5 Å². The summed E-state index contributed by atoms with van der Waals surface area (Å²) in [6.07, 6.45) is -5.88. The van der Waals surface area contributed by atoms with Gasteiger partial charge in [0.1, 0.15) is 31.0 Å². The second-order valence-corrected chi connectivity index (χ2v) is 3.20. The van der Waals surface area contributed by atoms with E-state index in [1.807, 2.05) is 0 Å². The van der Waals surface area contributed by atoms with Crippen LogP contribution in [0.5, 0.6) is 0 Å². The van der Waals surface area contributed by atoms with Crippen LogP contribution in [0.2, 0.25) is 0 Å². The quantitative estimate of drug-likeness (QED) is 0.362. The molecule has 2 aliphatic rings. The van der Waals surface area contributed by atoms with Crippen LogP contribution >= 0.6 is 0 Å². The van der Waals surface area contributed by atoms with E-state index >= 15 is 0 Å². The van der Waals surface area contributed by atoms with E-state index in [0.29, 0.717) is 0 Å². The molecule has 0 radical (unpaired) electrons. The van der Waals surface area contributed by atoms with Crippen LogP contribution in [-0.4, -0.2) is 58.4 Å². The van der Waals surface area contributed by atoms with E-state index in [2.05, 4.69) is 4.74 Å². The smallest absolute Gasteiger partial charge is 0.338 e. The third-order valence-electron chi connectivity index (χ3n) is 2.33. The Hall–Kier alpha value is -0.690. The van der Waals surface area contributed by atoms with Gasteiger partial charge in [-0.05, 0) is 0 Å².